The lowest BCUT2D eigenvalue weighted by molar-refractivity contribution is 0.0927. The molecule has 0 saturated carbocycles. The predicted molar refractivity (Wildman–Crippen MR) is 68.6 cm³/mol. The Balaban J connectivity index is 2.61. The first kappa shape index (κ1) is 13.5. The molecule has 0 aromatic carbocycles. The molecule has 2 unspecified atom stereocenters. The molecule has 5 heteroatoms. The van der Waals surface area contributed by atoms with Crippen LogP contribution >= 0.6 is 0 Å². The van der Waals surface area contributed by atoms with Crippen LogP contribution in [0.25, 0.3) is 0 Å². The van der Waals surface area contributed by atoms with Crippen LogP contribution in [0, 0.1) is 5.92 Å². The maximum absolute atomic E-state index is 12.0. The van der Waals surface area contributed by atoms with Crippen molar-refractivity contribution in [1.29, 1.82) is 0 Å². The van der Waals surface area contributed by atoms with Crippen LogP contribution in [0.2, 0.25) is 0 Å². The molecule has 1 heterocycles. The van der Waals surface area contributed by atoms with Crippen molar-refractivity contribution in [1.82, 2.24) is 15.1 Å². The molecule has 3 N–H and O–H groups in total. The van der Waals surface area contributed by atoms with Crippen molar-refractivity contribution in [3.05, 3.63) is 11.9 Å². The van der Waals surface area contributed by atoms with E-state index in [1.807, 2.05) is 6.92 Å². The van der Waals surface area contributed by atoms with Gasteiger partial charge in [-0.15, -0.1) is 0 Å². The Morgan fingerprint density at radius 1 is 1.59 bits per heavy atom. The van der Waals surface area contributed by atoms with Crippen LogP contribution in [-0.4, -0.2) is 21.7 Å². The van der Waals surface area contributed by atoms with Crippen molar-refractivity contribution in [2.75, 3.05) is 5.73 Å². The first-order valence-corrected chi connectivity index (χ1v) is 6.04. The van der Waals surface area contributed by atoms with Gasteiger partial charge >= 0.3 is 0 Å². The summed E-state index contributed by atoms with van der Waals surface area (Å²) in [6.07, 6.45) is 3.59. The van der Waals surface area contributed by atoms with Gasteiger partial charge in [0, 0.05) is 13.1 Å². The minimum Gasteiger partial charge on any atom is -0.396 e. The Labute approximate surface area is 102 Å². The van der Waals surface area contributed by atoms with Crippen LogP contribution in [-0.2, 0) is 7.05 Å². The topological polar surface area (TPSA) is 72.9 Å². The molecule has 0 aliphatic carbocycles. The zero-order valence-corrected chi connectivity index (χ0v) is 11.0. The summed E-state index contributed by atoms with van der Waals surface area (Å²) in [7, 11) is 1.71. The van der Waals surface area contributed by atoms with Crippen molar-refractivity contribution < 1.29 is 4.79 Å². The number of anilines is 1. The third-order valence-corrected chi connectivity index (χ3v) is 3.01. The normalized spacial score (nSPS) is 14.4. The molecular weight excluding hydrogens is 216 g/mol. The van der Waals surface area contributed by atoms with E-state index in [0.717, 1.165) is 12.8 Å². The highest BCUT2D eigenvalue weighted by molar-refractivity contribution is 5.97. The van der Waals surface area contributed by atoms with E-state index >= 15 is 0 Å². The molecule has 0 spiro atoms. The van der Waals surface area contributed by atoms with E-state index in [1.165, 1.54) is 10.9 Å². The van der Waals surface area contributed by atoms with E-state index in [4.69, 9.17) is 5.73 Å². The second-order valence-electron chi connectivity index (χ2n) is 4.70. The summed E-state index contributed by atoms with van der Waals surface area (Å²) in [4.78, 5) is 12.0. The van der Waals surface area contributed by atoms with E-state index in [2.05, 4.69) is 24.3 Å². The number of nitrogen functional groups attached to an aromatic ring is 1. The summed E-state index contributed by atoms with van der Waals surface area (Å²) >= 11 is 0. The number of aromatic nitrogens is 2. The molecule has 17 heavy (non-hydrogen) atoms. The molecule has 2 atom stereocenters. The second kappa shape index (κ2) is 5.70. The molecule has 0 aliphatic heterocycles. The molecule has 1 rings (SSSR count). The van der Waals surface area contributed by atoms with E-state index < -0.39 is 0 Å². The van der Waals surface area contributed by atoms with Crippen LogP contribution in [0.15, 0.2) is 6.20 Å². The lowest BCUT2D eigenvalue weighted by Gasteiger charge is -2.17. The van der Waals surface area contributed by atoms with Crippen LogP contribution in [0.1, 0.15) is 44.1 Å². The fourth-order valence-electron chi connectivity index (χ4n) is 1.85. The van der Waals surface area contributed by atoms with Gasteiger partial charge in [-0.25, -0.2) is 0 Å². The molecule has 0 radical (unpaired) electrons. The van der Waals surface area contributed by atoms with Gasteiger partial charge in [0.25, 0.3) is 5.91 Å². The fourth-order valence-corrected chi connectivity index (χ4v) is 1.85. The van der Waals surface area contributed by atoms with Crippen molar-refractivity contribution >= 4 is 11.6 Å². The van der Waals surface area contributed by atoms with Gasteiger partial charge in [0.15, 0.2) is 0 Å². The van der Waals surface area contributed by atoms with Crippen molar-refractivity contribution in [3.63, 3.8) is 0 Å². The highest BCUT2D eigenvalue weighted by atomic mass is 16.2. The zero-order chi connectivity index (χ0) is 13.0. The fraction of sp³-hybridized carbons (Fsp3) is 0.667. The molecule has 1 amide bonds. The average Bonchev–Trinajstić information content (AvgIpc) is 2.57. The van der Waals surface area contributed by atoms with Crippen LogP contribution in [0.5, 0.6) is 0 Å². The Morgan fingerprint density at radius 3 is 2.71 bits per heavy atom. The van der Waals surface area contributed by atoms with Gasteiger partial charge < -0.3 is 11.1 Å². The quantitative estimate of drug-likeness (QED) is 0.817. The lowest BCUT2D eigenvalue weighted by Crippen LogP contribution is -2.35. The van der Waals surface area contributed by atoms with Gasteiger partial charge in [0.05, 0.1) is 11.9 Å². The zero-order valence-electron chi connectivity index (χ0n) is 11.0. The number of hydrogen-bond acceptors (Lipinski definition) is 3. The van der Waals surface area contributed by atoms with E-state index in [-0.39, 0.29) is 11.9 Å². The molecule has 0 fully saturated rings. The maximum Gasteiger partial charge on any atom is 0.271 e. The monoisotopic (exact) mass is 238 g/mol. The van der Waals surface area contributed by atoms with Crippen LogP contribution in [0.4, 0.5) is 5.69 Å². The first-order chi connectivity index (χ1) is 7.95. The van der Waals surface area contributed by atoms with Crippen molar-refractivity contribution in [2.45, 2.75) is 39.7 Å². The number of hydrogen-bond donors (Lipinski definition) is 2. The predicted octanol–water partition coefficient (Wildman–Crippen LogP) is 1.56. The van der Waals surface area contributed by atoms with E-state index in [9.17, 15) is 4.79 Å². The number of aryl methyl sites for hydroxylation is 1. The lowest BCUT2D eigenvalue weighted by atomic mass is 10.0. The molecule has 96 valence electrons. The Bertz CT molecular complexity index is 366. The smallest absolute Gasteiger partial charge is 0.271 e. The maximum atomic E-state index is 12.0. The van der Waals surface area contributed by atoms with Crippen LogP contribution in [0.3, 0.4) is 0 Å². The van der Waals surface area contributed by atoms with E-state index in [1.54, 1.807) is 7.05 Å². The average molecular weight is 238 g/mol. The van der Waals surface area contributed by atoms with Gasteiger partial charge in [-0.2, -0.15) is 5.10 Å². The Hall–Kier alpha value is -1.52. The third-order valence-electron chi connectivity index (χ3n) is 3.01. The first-order valence-electron chi connectivity index (χ1n) is 6.04. The minimum atomic E-state index is -0.154. The Kier molecular flexibility index (Phi) is 4.54. The molecule has 1 aromatic rings. The Morgan fingerprint density at radius 2 is 2.24 bits per heavy atom. The van der Waals surface area contributed by atoms with E-state index in [0.29, 0.717) is 17.3 Å². The van der Waals surface area contributed by atoms with Crippen molar-refractivity contribution in [2.24, 2.45) is 13.0 Å². The number of nitrogens with zero attached hydrogens (tertiary/aromatic N) is 2. The number of carbonyl (C=O) groups is 1. The number of carbonyl (C=O) groups excluding carboxylic acids is 1. The number of amides is 1. The standard InChI is InChI=1S/C12H22N4O/c1-5-8(2)6-9(3)15-12(17)11-10(13)7-14-16(11)4/h7-9H,5-6,13H2,1-4H3,(H,15,17). The molecule has 1 aromatic heterocycles. The van der Waals surface area contributed by atoms with Crippen LogP contribution < -0.4 is 11.1 Å². The number of rotatable bonds is 5. The summed E-state index contributed by atoms with van der Waals surface area (Å²) in [5.41, 5.74) is 6.55. The number of nitrogens with one attached hydrogen (secondary N) is 1. The summed E-state index contributed by atoms with van der Waals surface area (Å²) in [5, 5.41) is 6.90. The molecular formula is C12H22N4O. The molecule has 0 saturated heterocycles. The number of nitrogens with two attached hydrogens (primary N) is 1. The van der Waals surface area contributed by atoms with Gasteiger partial charge in [-0.05, 0) is 19.3 Å². The summed E-state index contributed by atoms with van der Waals surface area (Å²) in [6.45, 7) is 6.34. The highest BCUT2D eigenvalue weighted by Crippen LogP contribution is 2.12. The summed E-state index contributed by atoms with van der Waals surface area (Å²) in [6, 6.07) is 0.145. The van der Waals surface area contributed by atoms with Gasteiger partial charge in [0.2, 0.25) is 0 Å². The molecule has 0 aliphatic rings. The molecule has 5 nitrogen and oxygen atoms in total. The molecule has 0 bridgehead atoms. The summed E-state index contributed by atoms with van der Waals surface area (Å²) < 4.78 is 1.50. The van der Waals surface area contributed by atoms with Gasteiger partial charge in [0.1, 0.15) is 5.69 Å². The summed E-state index contributed by atoms with van der Waals surface area (Å²) in [5.74, 6) is 0.451. The third kappa shape index (κ3) is 3.47. The van der Waals surface area contributed by atoms with Crippen molar-refractivity contribution in [3.8, 4) is 0 Å². The minimum absolute atomic E-state index is 0.145. The SMILES string of the molecule is CCC(C)CC(C)NC(=O)c1c(N)cnn1C. The highest BCUT2D eigenvalue weighted by Gasteiger charge is 2.17. The second-order valence-corrected chi connectivity index (χ2v) is 4.70. The largest absolute Gasteiger partial charge is 0.396 e. The van der Waals surface area contributed by atoms with Gasteiger partial charge in [-0.1, -0.05) is 20.3 Å². The van der Waals surface area contributed by atoms with Gasteiger partial charge in [-0.3, -0.25) is 9.48 Å².